The molecule has 1 aliphatic carbocycles. The third-order valence-electron chi connectivity index (χ3n) is 3.09. The van der Waals surface area contributed by atoms with E-state index in [2.05, 4.69) is 4.72 Å². The first-order valence-corrected chi connectivity index (χ1v) is 7.33. The Morgan fingerprint density at radius 3 is 2.65 bits per heavy atom. The normalized spacial score (nSPS) is 17.8. The summed E-state index contributed by atoms with van der Waals surface area (Å²) in [5.41, 5.74) is 5.43. The molecule has 17 heavy (non-hydrogen) atoms. The summed E-state index contributed by atoms with van der Waals surface area (Å²) < 4.78 is 32.2. The predicted molar refractivity (Wildman–Crippen MR) is 63.9 cm³/mol. The van der Waals surface area contributed by atoms with Crippen molar-refractivity contribution >= 4 is 10.0 Å². The number of rotatable bonds is 4. The molecule has 1 fully saturated rings. The van der Waals surface area contributed by atoms with Crippen LogP contribution in [0.15, 0.2) is 15.4 Å². The van der Waals surface area contributed by atoms with Gasteiger partial charge in [-0.1, -0.05) is 12.8 Å². The van der Waals surface area contributed by atoms with Crippen molar-refractivity contribution in [2.75, 3.05) is 0 Å². The summed E-state index contributed by atoms with van der Waals surface area (Å²) in [7, 11) is -3.46. The highest BCUT2D eigenvalue weighted by Crippen LogP contribution is 2.23. The van der Waals surface area contributed by atoms with Gasteiger partial charge in [0.15, 0.2) is 0 Å². The van der Waals surface area contributed by atoms with E-state index < -0.39 is 10.0 Å². The van der Waals surface area contributed by atoms with Gasteiger partial charge < -0.3 is 10.2 Å². The summed E-state index contributed by atoms with van der Waals surface area (Å²) in [6.07, 6.45) is 4.01. The minimum absolute atomic E-state index is 0.0654. The van der Waals surface area contributed by atoms with Crippen LogP contribution in [0.25, 0.3) is 0 Å². The Labute approximate surface area is 101 Å². The number of hydrogen-bond acceptors (Lipinski definition) is 4. The van der Waals surface area contributed by atoms with E-state index in [1.807, 2.05) is 0 Å². The smallest absolute Gasteiger partial charge is 0.244 e. The third kappa shape index (κ3) is 2.70. The van der Waals surface area contributed by atoms with Crippen LogP contribution in [-0.2, 0) is 16.6 Å². The molecule has 0 aliphatic heterocycles. The molecule has 0 bridgehead atoms. The van der Waals surface area contributed by atoms with Gasteiger partial charge in [-0.15, -0.1) is 0 Å². The van der Waals surface area contributed by atoms with Gasteiger partial charge in [0.2, 0.25) is 10.0 Å². The van der Waals surface area contributed by atoms with Crippen molar-refractivity contribution in [2.45, 2.75) is 50.1 Å². The molecule has 2 rings (SSSR count). The van der Waals surface area contributed by atoms with Gasteiger partial charge >= 0.3 is 0 Å². The number of furan rings is 1. The summed E-state index contributed by atoms with van der Waals surface area (Å²) >= 11 is 0. The second kappa shape index (κ2) is 4.80. The largest absolute Gasteiger partial charge is 0.464 e. The van der Waals surface area contributed by atoms with Crippen molar-refractivity contribution < 1.29 is 12.8 Å². The number of aryl methyl sites for hydroxylation is 1. The van der Waals surface area contributed by atoms with Crippen LogP contribution < -0.4 is 10.5 Å². The van der Waals surface area contributed by atoms with E-state index in [0.29, 0.717) is 11.5 Å². The van der Waals surface area contributed by atoms with Gasteiger partial charge in [-0.25, -0.2) is 13.1 Å². The molecule has 0 atom stereocenters. The molecule has 3 N–H and O–H groups in total. The number of nitrogens with two attached hydrogens (primary N) is 1. The van der Waals surface area contributed by atoms with Gasteiger partial charge in [0.1, 0.15) is 16.4 Å². The quantitative estimate of drug-likeness (QED) is 0.851. The molecular weight excluding hydrogens is 240 g/mol. The fourth-order valence-electron chi connectivity index (χ4n) is 2.22. The lowest BCUT2D eigenvalue weighted by atomic mass is 10.3. The zero-order chi connectivity index (χ0) is 12.5. The topological polar surface area (TPSA) is 85.3 Å². The van der Waals surface area contributed by atoms with Crippen molar-refractivity contribution in [2.24, 2.45) is 5.73 Å². The molecule has 0 saturated heterocycles. The highest BCUT2D eigenvalue weighted by molar-refractivity contribution is 7.89. The van der Waals surface area contributed by atoms with Crippen LogP contribution in [0.5, 0.6) is 0 Å². The SMILES string of the molecule is Cc1oc(CN)cc1S(=O)(=O)NC1CCCC1. The molecular formula is C11H18N2O3S. The Balaban J connectivity index is 2.21. The lowest BCUT2D eigenvalue weighted by Gasteiger charge is -2.11. The third-order valence-corrected chi connectivity index (χ3v) is 4.72. The van der Waals surface area contributed by atoms with Gasteiger partial charge in [0.25, 0.3) is 0 Å². The molecule has 5 nitrogen and oxygen atoms in total. The van der Waals surface area contributed by atoms with E-state index in [0.717, 1.165) is 25.7 Å². The highest BCUT2D eigenvalue weighted by Gasteiger charge is 2.26. The van der Waals surface area contributed by atoms with Crippen molar-refractivity contribution in [3.05, 3.63) is 17.6 Å². The van der Waals surface area contributed by atoms with Gasteiger partial charge in [0, 0.05) is 12.1 Å². The lowest BCUT2D eigenvalue weighted by molar-refractivity contribution is 0.477. The summed E-state index contributed by atoms with van der Waals surface area (Å²) in [5.74, 6) is 0.894. The van der Waals surface area contributed by atoms with Crippen LogP contribution in [0.1, 0.15) is 37.2 Å². The minimum atomic E-state index is -3.46. The van der Waals surface area contributed by atoms with Crippen LogP contribution in [-0.4, -0.2) is 14.5 Å². The molecule has 96 valence electrons. The molecule has 0 aromatic carbocycles. The molecule has 1 saturated carbocycles. The summed E-state index contributed by atoms with van der Waals surface area (Å²) in [6, 6.07) is 1.57. The maximum absolute atomic E-state index is 12.1. The first kappa shape index (κ1) is 12.6. The van der Waals surface area contributed by atoms with Crippen LogP contribution in [0.3, 0.4) is 0 Å². The van der Waals surface area contributed by atoms with E-state index in [9.17, 15) is 8.42 Å². The average Bonchev–Trinajstić information content (AvgIpc) is 2.86. The van der Waals surface area contributed by atoms with E-state index in [4.69, 9.17) is 10.2 Å². The first-order valence-electron chi connectivity index (χ1n) is 5.84. The molecule has 1 aromatic heterocycles. The predicted octanol–water partition coefficient (Wildman–Crippen LogP) is 1.27. The molecule has 1 heterocycles. The Bertz CT molecular complexity index is 487. The van der Waals surface area contributed by atoms with Gasteiger partial charge in [-0.05, 0) is 19.8 Å². The lowest BCUT2D eigenvalue weighted by Crippen LogP contribution is -2.32. The van der Waals surface area contributed by atoms with Crippen molar-refractivity contribution in [3.8, 4) is 0 Å². The zero-order valence-corrected chi connectivity index (χ0v) is 10.7. The number of nitrogens with one attached hydrogen (secondary N) is 1. The summed E-state index contributed by atoms with van der Waals surface area (Å²) in [4.78, 5) is 0.213. The molecule has 0 spiro atoms. The van der Waals surface area contributed by atoms with E-state index >= 15 is 0 Å². The monoisotopic (exact) mass is 258 g/mol. The summed E-state index contributed by atoms with van der Waals surface area (Å²) in [6.45, 7) is 1.85. The Morgan fingerprint density at radius 2 is 2.12 bits per heavy atom. The van der Waals surface area contributed by atoms with E-state index in [-0.39, 0.29) is 17.5 Å². The molecule has 0 radical (unpaired) electrons. The number of sulfonamides is 1. The van der Waals surface area contributed by atoms with Crippen molar-refractivity contribution in [1.29, 1.82) is 0 Å². The van der Waals surface area contributed by atoms with Crippen LogP contribution >= 0.6 is 0 Å². The molecule has 6 heteroatoms. The minimum Gasteiger partial charge on any atom is -0.464 e. The standard InChI is InChI=1S/C11H18N2O3S/c1-8-11(6-10(7-12)16-8)17(14,15)13-9-4-2-3-5-9/h6,9,13H,2-5,7,12H2,1H3. The van der Waals surface area contributed by atoms with E-state index in [1.54, 1.807) is 6.92 Å². The van der Waals surface area contributed by atoms with E-state index in [1.165, 1.54) is 6.07 Å². The second-order valence-corrected chi connectivity index (χ2v) is 6.12. The van der Waals surface area contributed by atoms with Crippen LogP contribution in [0.4, 0.5) is 0 Å². The molecule has 1 aromatic rings. The van der Waals surface area contributed by atoms with Gasteiger partial charge in [-0.2, -0.15) is 0 Å². The second-order valence-electron chi connectivity index (χ2n) is 4.44. The van der Waals surface area contributed by atoms with Gasteiger partial charge in [0.05, 0.1) is 6.54 Å². The Kier molecular flexibility index (Phi) is 3.56. The maximum atomic E-state index is 12.1. The Morgan fingerprint density at radius 1 is 1.47 bits per heavy atom. The fraction of sp³-hybridized carbons (Fsp3) is 0.636. The number of hydrogen-bond donors (Lipinski definition) is 2. The Hall–Kier alpha value is -0.850. The zero-order valence-electron chi connectivity index (χ0n) is 9.90. The maximum Gasteiger partial charge on any atom is 0.244 e. The highest BCUT2D eigenvalue weighted by atomic mass is 32.2. The molecule has 0 unspecified atom stereocenters. The van der Waals surface area contributed by atoms with Crippen molar-refractivity contribution in [1.82, 2.24) is 4.72 Å². The fourth-order valence-corrected chi connectivity index (χ4v) is 3.73. The van der Waals surface area contributed by atoms with Crippen molar-refractivity contribution in [3.63, 3.8) is 0 Å². The van der Waals surface area contributed by atoms with Crippen LogP contribution in [0.2, 0.25) is 0 Å². The summed E-state index contributed by atoms with van der Waals surface area (Å²) in [5, 5.41) is 0. The van der Waals surface area contributed by atoms with Gasteiger partial charge in [-0.3, -0.25) is 0 Å². The van der Waals surface area contributed by atoms with Crippen LogP contribution in [0, 0.1) is 6.92 Å². The average molecular weight is 258 g/mol. The first-order chi connectivity index (χ1) is 8.03. The molecule has 1 aliphatic rings. The molecule has 0 amide bonds.